The molecule has 0 amide bonds. The molecule has 0 fully saturated rings. The van der Waals surface area contributed by atoms with Gasteiger partial charge in [-0.3, -0.25) is 0 Å². The lowest BCUT2D eigenvalue weighted by Crippen LogP contribution is -2.27. The predicted molar refractivity (Wildman–Crippen MR) is 62.8 cm³/mol. The van der Waals surface area contributed by atoms with Gasteiger partial charge in [0, 0.05) is 11.1 Å². The summed E-state index contributed by atoms with van der Waals surface area (Å²) in [7, 11) is 0. The van der Waals surface area contributed by atoms with E-state index in [0.717, 1.165) is 6.42 Å². The molecule has 80 valence electrons. The molecule has 0 bridgehead atoms. The quantitative estimate of drug-likeness (QED) is 0.667. The molecule has 1 nitrogen and oxygen atoms in total. The van der Waals surface area contributed by atoms with Crippen LogP contribution in [0.2, 0.25) is 0 Å². The molecule has 0 aromatic heterocycles. The Labute approximate surface area is 88.3 Å². The molecule has 1 heteroatoms. The highest BCUT2D eigenvalue weighted by molar-refractivity contribution is 5.30. The first-order valence-electron chi connectivity index (χ1n) is 5.48. The van der Waals surface area contributed by atoms with Crippen LogP contribution in [0.3, 0.4) is 0 Å². The molecule has 0 atom stereocenters. The van der Waals surface area contributed by atoms with Crippen LogP contribution in [-0.2, 0) is 0 Å². The summed E-state index contributed by atoms with van der Waals surface area (Å²) in [5.74, 6) is 0.639. The van der Waals surface area contributed by atoms with Crippen molar-refractivity contribution in [3.05, 3.63) is 23.0 Å². The van der Waals surface area contributed by atoms with Gasteiger partial charge < -0.3 is 5.32 Å². The van der Waals surface area contributed by atoms with Crippen LogP contribution in [0.15, 0.2) is 23.0 Å². The number of dihydropyridines is 1. The summed E-state index contributed by atoms with van der Waals surface area (Å²) in [5.41, 5.74) is 4.65. The van der Waals surface area contributed by atoms with E-state index in [-0.39, 0.29) is 5.41 Å². The lowest BCUT2D eigenvalue weighted by Gasteiger charge is -2.32. The largest absolute Gasteiger partial charge is 0.365 e. The van der Waals surface area contributed by atoms with Gasteiger partial charge in [-0.05, 0) is 31.0 Å². The lowest BCUT2D eigenvalue weighted by molar-refractivity contribution is 0.455. The predicted octanol–water partition coefficient (Wildman–Crippen LogP) is 3.84. The van der Waals surface area contributed by atoms with Gasteiger partial charge in [0.05, 0.1) is 0 Å². The number of hydrogen-bond donors (Lipinski definition) is 1. The van der Waals surface area contributed by atoms with E-state index < -0.39 is 0 Å². The van der Waals surface area contributed by atoms with Gasteiger partial charge in [0.1, 0.15) is 0 Å². The maximum absolute atomic E-state index is 3.46. The van der Waals surface area contributed by atoms with Crippen LogP contribution in [0.25, 0.3) is 0 Å². The molecule has 1 aliphatic rings. The highest BCUT2D eigenvalue weighted by atomic mass is 14.9. The first kappa shape index (κ1) is 11.4. The Hall–Kier alpha value is -0.720. The summed E-state index contributed by atoms with van der Waals surface area (Å²) in [6.07, 6.45) is 3.28. The van der Waals surface area contributed by atoms with E-state index in [1.165, 1.54) is 11.3 Å². The summed E-state index contributed by atoms with van der Waals surface area (Å²) in [5, 5.41) is 3.46. The van der Waals surface area contributed by atoms with Crippen molar-refractivity contribution in [1.29, 1.82) is 0 Å². The first-order chi connectivity index (χ1) is 6.32. The summed E-state index contributed by atoms with van der Waals surface area (Å²) in [6, 6.07) is 0. The fourth-order valence-corrected chi connectivity index (χ4v) is 1.92. The number of allylic oxidation sites excluding steroid dienone is 3. The van der Waals surface area contributed by atoms with Crippen molar-refractivity contribution >= 4 is 0 Å². The van der Waals surface area contributed by atoms with Gasteiger partial charge in [0.25, 0.3) is 0 Å². The van der Waals surface area contributed by atoms with Crippen LogP contribution in [0.5, 0.6) is 0 Å². The van der Waals surface area contributed by atoms with Crippen molar-refractivity contribution in [2.75, 3.05) is 0 Å². The highest BCUT2D eigenvalue weighted by Crippen LogP contribution is 2.34. The number of rotatable bonds is 1. The van der Waals surface area contributed by atoms with E-state index in [0.29, 0.717) is 5.92 Å². The Balaban J connectivity index is 3.03. The molecule has 1 N–H and O–H groups in total. The fourth-order valence-electron chi connectivity index (χ4n) is 1.92. The maximum atomic E-state index is 3.46. The molecule has 1 rings (SSSR count). The zero-order valence-corrected chi connectivity index (χ0v) is 10.4. The number of nitrogens with one attached hydrogen (secondary N) is 1. The Morgan fingerprint density at radius 2 is 1.86 bits per heavy atom. The van der Waals surface area contributed by atoms with Crippen LogP contribution >= 0.6 is 0 Å². The van der Waals surface area contributed by atoms with Crippen LogP contribution in [0.1, 0.15) is 48.0 Å². The average molecular weight is 193 g/mol. The summed E-state index contributed by atoms with van der Waals surface area (Å²) >= 11 is 0. The van der Waals surface area contributed by atoms with Gasteiger partial charge in [-0.15, -0.1) is 0 Å². The van der Waals surface area contributed by atoms with E-state index in [4.69, 9.17) is 0 Å². The van der Waals surface area contributed by atoms with Crippen LogP contribution in [0, 0.1) is 11.3 Å². The molecule has 0 aromatic carbocycles. The van der Waals surface area contributed by atoms with E-state index in [1.54, 1.807) is 5.57 Å². The Morgan fingerprint density at radius 1 is 1.29 bits per heavy atom. The van der Waals surface area contributed by atoms with Crippen molar-refractivity contribution in [2.45, 2.75) is 48.0 Å². The summed E-state index contributed by atoms with van der Waals surface area (Å²) < 4.78 is 0. The molecule has 0 saturated carbocycles. The van der Waals surface area contributed by atoms with Crippen molar-refractivity contribution < 1.29 is 0 Å². The first-order valence-corrected chi connectivity index (χ1v) is 5.48. The maximum Gasteiger partial charge on any atom is 0.0198 e. The second-order valence-electron chi connectivity index (χ2n) is 5.62. The van der Waals surface area contributed by atoms with Gasteiger partial charge in [0.2, 0.25) is 0 Å². The fraction of sp³-hybridized carbons (Fsp3) is 0.692. The van der Waals surface area contributed by atoms with Crippen LogP contribution in [0.4, 0.5) is 0 Å². The third kappa shape index (κ3) is 2.40. The van der Waals surface area contributed by atoms with Crippen molar-refractivity contribution in [3.8, 4) is 0 Å². The molecule has 1 aliphatic heterocycles. The molecular formula is C13H23N. The molecule has 0 aromatic rings. The minimum Gasteiger partial charge on any atom is -0.365 e. The van der Waals surface area contributed by atoms with Crippen LogP contribution in [-0.4, -0.2) is 0 Å². The van der Waals surface area contributed by atoms with Gasteiger partial charge >= 0.3 is 0 Å². The van der Waals surface area contributed by atoms with Crippen molar-refractivity contribution in [2.24, 2.45) is 11.3 Å². The van der Waals surface area contributed by atoms with E-state index in [9.17, 15) is 0 Å². The van der Waals surface area contributed by atoms with E-state index in [2.05, 4.69) is 53.1 Å². The van der Waals surface area contributed by atoms with E-state index in [1.807, 2.05) is 0 Å². The molecule has 0 unspecified atom stereocenters. The Morgan fingerprint density at radius 3 is 2.29 bits per heavy atom. The Bertz CT molecular complexity index is 274. The SMILES string of the molecule is CC1=CNC(C(C)(C)C)=C(C(C)C)C1. The van der Waals surface area contributed by atoms with Gasteiger partial charge in [-0.2, -0.15) is 0 Å². The summed E-state index contributed by atoms with van der Waals surface area (Å²) in [6.45, 7) is 13.6. The smallest absolute Gasteiger partial charge is 0.0198 e. The minimum absolute atomic E-state index is 0.233. The van der Waals surface area contributed by atoms with Gasteiger partial charge in [0.15, 0.2) is 0 Å². The molecule has 0 aliphatic carbocycles. The third-order valence-electron chi connectivity index (χ3n) is 2.70. The Kier molecular flexibility index (Phi) is 3.08. The third-order valence-corrected chi connectivity index (χ3v) is 2.70. The second kappa shape index (κ2) is 3.80. The second-order valence-corrected chi connectivity index (χ2v) is 5.62. The zero-order chi connectivity index (χ0) is 10.9. The molecular weight excluding hydrogens is 170 g/mol. The van der Waals surface area contributed by atoms with Crippen LogP contribution < -0.4 is 5.32 Å². The topological polar surface area (TPSA) is 12.0 Å². The normalized spacial score (nSPS) is 18.4. The molecule has 0 spiro atoms. The molecule has 0 radical (unpaired) electrons. The summed E-state index contributed by atoms with van der Waals surface area (Å²) in [4.78, 5) is 0. The lowest BCUT2D eigenvalue weighted by atomic mass is 9.81. The van der Waals surface area contributed by atoms with Crippen molar-refractivity contribution in [3.63, 3.8) is 0 Å². The van der Waals surface area contributed by atoms with Gasteiger partial charge in [-0.1, -0.05) is 40.2 Å². The highest BCUT2D eigenvalue weighted by Gasteiger charge is 2.24. The van der Waals surface area contributed by atoms with Gasteiger partial charge in [-0.25, -0.2) is 0 Å². The molecule has 1 heterocycles. The van der Waals surface area contributed by atoms with Crippen molar-refractivity contribution in [1.82, 2.24) is 5.32 Å². The zero-order valence-electron chi connectivity index (χ0n) is 10.4. The molecule has 0 saturated heterocycles. The molecule has 14 heavy (non-hydrogen) atoms. The monoisotopic (exact) mass is 193 g/mol. The number of hydrogen-bond acceptors (Lipinski definition) is 1. The minimum atomic E-state index is 0.233. The standard InChI is InChI=1S/C13H23N/c1-9(2)11-7-10(3)8-14-12(11)13(4,5)6/h8-9,14H,7H2,1-6H3. The van der Waals surface area contributed by atoms with E-state index >= 15 is 0 Å². The average Bonchev–Trinajstić information content (AvgIpc) is 2.01.